The van der Waals surface area contributed by atoms with E-state index in [2.05, 4.69) is 9.97 Å². The van der Waals surface area contributed by atoms with Crippen LogP contribution >= 0.6 is 0 Å². The van der Waals surface area contributed by atoms with E-state index in [0.29, 0.717) is 0 Å². The van der Waals surface area contributed by atoms with Gasteiger partial charge in [-0.2, -0.15) is 0 Å². The van der Waals surface area contributed by atoms with E-state index in [9.17, 15) is 0 Å². The minimum absolute atomic E-state index is 0.0922. The molecule has 0 fully saturated rings. The molecule has 0 unspecified atom stereocenters. The first-order valence-electron chi connectivity index (χ1n) is 11.0. The molecule has 2 aromatic heterocycles. The maximum absolute atomic E-state index is 8.53. The Balaban J connectivity index is 2.16. The fraction of sp³-hybridized carbons (Fsp3) is 0. The molecule has 0 aliphatic heterocycles. The van der Waals surface area contributed by atoms with E-state index in [4.69, 9.17) is 13.7 Å². The Kier molecular flexibility index (Phi) is 0.799. The highest BCUT2D eigenvalue weighted by Gasteiger charge is 2.10. The fourth-order valence-electron chi connectivity index (χ4n) is 2.56. The molecule has 5 aromatic rings. The number of H-pyrrole nitrogens is 2. The van der Waals surface area contributed by atoms with Crippen LogP contribution < -0.4 is 0 Å². The Labute approximate surface area is 129 Å². The second-order valence-electron chi connectivity index (χ2n) is 4.50. The molecular formula is C18H12N2. The van der Waals surface area contributed by atoms with E-state index in [1.807, 2.05) is 0 Å². The molecule has 0 bridgehead atoms. The van der Waals surface area contributed by atoms with Gasteiger partial charge in [-0.3, -0.25) is 0 Å². The van der Waals surface area contributed by atoms with Crippen molar-refractivity contribution in [3.8, 4) is 0 Å². The van der Waals surface area contributed by atoms with E-state index in [-0.39, 0.29) is 79.9 Å². The van der Waals surface area contributed by atoms with Crippen LogP contribution in [0.5, 0.6) is 0 Å². The van der Waals surface area contributed by atoms with E-state index >= 15 is 0 Å². The van der Waals surface area contributed by atoms with Crippen LogP contribution in [0.25, 0.3) is 43.6 Å². The zero-order valence-corrected chi connectivity index (χ0v) is 10.0. The van der Waals surface area contributed by atoms with Crippen molar-refractivity contribution in [2.24, 2.45) is 0 Å². The van der Waals surface area contributed by atoms with Crippen LogP contribution in [-0.4, -0.2) is 9.97 Å². The highest BCUT2D eigenvalue weighted by Crippen LogP contribution is 2.34. The monoisotopic (exact) mass is 266 g/mol. The van der Waals surface area contributed by atoms with Gasteiger partial charge in [0.25, 0.3) is 0 Å². The molecule has 0 aliphatic rings. The summed E-state index contributed by atoms with van der Waals surface area (Å²) in [5.74, 6) is 0. The average Bonchev–Trinajstić information content (AvgIpc) is 3.31. The predicted molar refractivity (Wildman–Crippen MR) is 85.2 cm³/mol. The number of para-hydroxylation sites is 2. The third kappa shape index (κ3) is 1.14. The number of rotatable bonds is 0. The smallest absolute Gasteiger partial charge is 0.0710 e. The van der Waals surface area contributed by atoms with Crippen LogP contribution in [-0.2, 0) is 0 Å². The van der Waals surface area contributed by atoms with E-state index in [1.165, 1.54) is 0 Å². The average molecular weight is 266 g/mol. The lowest BCUT2D eigenvalue weighted by atomic mass is 10.1. The lowest BCUT2D eigenvalue weighted by Crippen LogP contribution is -1.72. The van der Waals surface area contributed by atoms with Crippen LogP contribution in [0.3, 0.4) is 0 Å². The number of nitrogens with one attached hydrogen (secondary N) is 2. The number of aromatic amines is 2. The van der Waals surface area contributed by atoms with Gasteiger partial charge in [0.2, 0.25) is 0 Å². The Hall–Kier alpha value is -2.74. The first kappa shape index (κ1) is 4.67. The van der Waals surface area contributed by atoms with Crippen molar-refractivity contribution in [3.05, 3.63) is 60.4 Å². The summed E-state index contributed by atoms with van der Waals surface area (Å²) in [7, 11) is 0. The van der Waals surface area contributed by atoms with Gasteiger partial charge in [0.1, 0.15) is 0 Å². The van der Waals surface area contributed by atoms with Gasteiger partial charge >= 0.3 is 0 Å². The maximum atomic E-state index is 8.53. The molecule has 0 spiro atoms. The normalized spacial score (nSPS) is 19.0. The number of hydrogen-bond acceptors (Lipinski definition) is 0. The van der Waals surface area contributed by atoms with E-state index in [0.717, 1.165) is 0 Å². The lowest BCUT2D eigenvalue weighted by Gasteiger charge is -1.94. The lowest BCUT2D eigenvalue weighted by molar-refractivity contribution is 1.51. The molecule has 2 N–H and O–H groups in total. The Morgan fingerprint density at radius 1 is 0.550 bits per heavy atom. The molecule has 5 rings (SSSR count). The van der Waals surface area contributed by atoms with Crippen molar-refractivity contribution >= 4 is 43.6 Å². The molecule has 2 nitrogen and oxygen atoms in total. The highest BCUT2D eigenvalue weighted by atomic mass is 14.8. The summed E-state index contributed by atoms with van der Waals surface area (Å²) in [6, 6.07) is -3.60. The second-order valence-corrected chi connectivity index (χ2v) is 4.50. The van der Waals surface area contributed by atoms with Crippen molar-refractivity contribution < 1.29 is 13.7 Å². The standard InChI is InChI=1S/C18H12N2/c1-3-7-15-11(5-1)13-9-10-14-12-6-2-4-8-16(12)20-18(14)17(13)19-15/h1-10,19-20H/i1D,2D,3D,4D,5D,6D,7D,8D,9D,10D. The summed E-state index contributed by atoms with van der Waals surface area (Å²) >= 11 is 0. The zero-order chi connectivity index (χ0) is 21.8. The molecular weight excluding hydrogens is 244 g/mol. The van der Waals surface area contributed by atoms with Gasteiger partial charge in [0.05, 0.1) is 24.7 Å². The molecule has 20 heavy (non-hydrogen) atoms. The summed E-state index contributed by atoms with van der Waals surface area (Å²) in [5, 5.41) is 0.455. The molecule has 0 saturated carbocycles. The van der Waals surface area contributed by atoms with Crippen molar-refractivity contribution in [2.75, 3.05) is 0 Å². The predicted octanol–water partition coefficient (Wildman–Crippen LogP) is 4.96. The molecule has 0 atom stereocenters. The maximum Gasteiger partial charge on any atom is 0.0710 e. The topological polar surface area (TPSA) is 31.6 Å². The molecule has 94 valence electrons. The Bertz CT molecular complexity index is 1480. The first-order chi connectivity index (χ1) is 14.1. The quantitative estimate of drug-likeness (QED) is 0.397. The summed E-state index contributed by atoms with van der Waals surface area (Å²) in [6.45, 7) is 0. The van der Waals surface area contributed by atoms with E-state index in [1.54, 1.807) is 0 Å². The summed E-state index contributed by atoms with van der Waals surface area (Å²) < 4.78 is 81.6. The molecule has 2 heteroatoms. The van der Waals surface area contributed by atoms with Gasteiger partial charge in [0, 0.05) is 32.6 Å². The molecule has 0 aliphatic carbocycles. The summed E-state index contributed by atoms with van der Waals surface area (Å²) in [6.07, 6.45) is 0. The largest absolute Gasteiger partial charge is 0.353 e. The van der Waals surface area contributed by atoms with Crippen LogP contribution in [0.4, 0.5) is 0 Å². The Morgan fingerprint density at radius 3 is 1.50 bits per heavy atom. The Morgan fingerprint density at radius 2 is 1.00 bits per heavy atom. The van der Waals surface area contributed by atoms with Gasteiger partial charge in [-0.25, -0.2) is 0 Å². The summed E-state index contributed by atoms with van der Waals surface area (Å²) in [4.78, 5) is 5.87. The van der Waals surface area contributed by atoms with Crippen molar-refractivity contribution in [3.63, 3.8) is 0 Å². The van der Waals surface area contributed by atoms with Crippen molar-refractivity contribution in [1.29, 1.82) is 0 Å². The van der Waals surface area contributed by atoms with Gasteiger partial charge in [-0.05, 0) is 12.1 Å². The van der Waals surface area contributed by atoms with Crippen LogP contribution in [0, 0.1) is 0 Å². The number of fused-ring (bicyclic) bond motifs is 7. The molecule has 0 radical (unpaired) electrons. The van der Waals surface area contributed by atoms with Crippen LogP contribution in [0.1, 0.15) is 13.7 Å². The van der Waals surface area contributed by atoms with Crippen molar-refractivity contribution in [2.45, 2.75) is 0 Å². The SMILES string of the molecule is [2H]c1c([2H])c([2H])c2c([nH]c3c4[nH]c5c([2H])c([2H])c([2H])c([2H])c5c4c([2H])c([2H])c32)c1[2H]. The second kappa shape index (κ2) is 3.42. The van der Waals surface area contributed by atoms with Gasteiger partial charge in [-0.15, -0.1) is 0 Å². The van der Waals surface area contributed by atoms with Crippen molar-refractivity contribution in [1.82, 2.24) is 9.97 Å². The zero-order valence-electron chi connectivity index (χ0n) is 20.0. The summed E-state index contributed by atoms with van der Waals surface area (Å²) in [5.41, 5.74) is 0.686. The molecule has 0 saturated heterocycles. The molecule has 2 heterocycles. The van der Waals surface area contributed by atoms with Gasteiger partial charge in [0.15, 0.2) is 0 Å². The highest BCUT2D eigenvalue weighted by molar-refractivity contribution is 6.21. The fourth-order valence-corrected chi connectivity index (χ4v) is 2.56. The minimum Gasteiger partial charge on any atom is -0.353 e. The van der Waals surface area contributed by atoms with Gasteiger partial charge in [-0.1, -0.05) is 48.3 Å². The van der Waals surface area contributed by atoms with Gasteiger partial charge < -0.3 is 9.97 Å². The first-order valence-corrected chi connectivity index (χ1v) is 6.00. The number of benzene rings is 3. The minimum atomic E-state index is -0.448. The third-order valence-corrected chi connectivity index (χ3v) is 3.44. The number of hydrogen-bond donors (Lipinski definition) is 2. The number of aromatic nitrogens is 2. The van der Waals surface area contributed by atoms with Crippen LogP contribution in [0.2, 0.25) is 0 Å². The van der Waals surface area contributed by atoms with E-state index < -0.39 is 24.2 Å². The van der Waals surface area contributed by atoms with Crippen LogP contribution in [0.15, 0.2) is 60.4 Å². The molecule has 0 amide bonds. The molecule has 3 aromatic carbocycles. The third-order valence-electron chi connectivity index (χ3n) is 3.44.